The number of fused-ring (bicyclic) bond motifs is 2. The average Bonchev–Trinajstić information content (AvgIpc) is 3.47. The topological polar surface area (TPSA) is 88.8 Å². The van der Waals surface area contributed by atoms with Crippen molar-refractivity contribution in [2.75, 3.05) is 45.2 Å². The van der Waals surface area contributed by atoms with Crippen molar-refractivity contribution in [2.45, 2.75) is 38.1 Å². The second kappa shape index (κ2) is 14.5. The maximum absolute atomic E-state index is 14.6. The van der Waals surface area contributed by atoms with E-state index in [1.165, 1.54) is 0 Å². The Morgan fingerprint density at radius 1 is 0.979 bits per heavy atom. The molecule has 0 spiro atoms. The summed E-state index contributed by atoms with van der Waals surface area (Å²) >= 11 is 12.4. The lowest BCUT2D eigenvalue weighted by atomic mass is 9.90. The summed E-state index contributed by atoms with van der Waals surface area (Å²) < 4.78 is 0. The number of H-pyrrole nitrogens is 1. The van der Waals surface area contributed by atoms with Crippen molar-refractivity contribution < 1.29 is 14.4 Å². The highest BCUT2D eigenvalue weighted by Gasteiger charge is 2.36. The zero-order valence-corrected chi connectivity index (χ0v) is 28.4. The first-order valence-electron chi connectivity index (χ1n) is 16.3. The summed E-state index contributed by atoms with van der Waals surface area (Å²) in [6.07, 6.45) is 4.49. The van der Waals surface area contributed by atoms with Gasteiger partial charge in [-0.1, -0.05) is 53.5 Å². The van der Waals surface area contributed by atoms with E-state index in [0.717, 1.165) is 46.2 Å². The second-order valence-electron chi connectivity index (χ2n) is 13.1. The van der Waals surface area contributed by atoms with Gasteiger partial charge in [-0.3, -0.25) is 14.4 Å². The summed E-state index contributed by atoms with van der Waals surface area (Å²) in [6.45, 7) is 2.38. The minimum atomic E-state index is -0.770. The predicted octanol–water partition coefficient (Wildman–Crippen LogP) is 5.75. The smallest absolute Gasteiger partial charge is 0.249 e. The molecule has 246 valence electrons. The molecule has 1 aromatic heterocycles. The molecule has 0 radical (unpaired) electrons. The van der Waals surface area contributed by atoms with Crippen LogP contribution in [0.25, 0.3) is 10.9 Å². The number of halogens is 2. The molecular weight excluding hydrogens is 633 g/mol. The fraction of sp³-hybridized carbons (Fsp3) is 0.378. The molecule has 10 heteroatoms. The Balaban J connectivity index is 1.20. The van der Waals surface area contributed by atoms with Gasteiger partial charge in [-0.05, 0) is 92.4 Å². The van der Waals surface area contributed by atoms with Gasteiger partial charge in [0.25, 0.3) is 0 Å². The molecule has 2 aliphatic heterocycles. The van der Waals surface area contributed by atoms with Crippen LogP contribution < -0.4 is 10.2 Å². The van der Waals surface area contributed by atoms with E-state index in [0.29, 0.717) is 55.4 Å². The molecule has 3 aromatic carbocycles. The molecule has 3 amide bonds. The number of nitrogens with zero attached hydrogens (tertiary/aromatic N) is 3. The highest BCUT2D eigenvalue weighted by atomic mass is 35.5. The van der Waals surface area contributed by atoms with Crippen molar-refractivity contribution in [1.29, 1.82) is 0 Å². The van der Waals surface area contributed by atoms with Crippen LogP contribution in [0.2, 0.25) is 10.0 Å². The van der Waals surface area contributed by atoms with E-state index in [9.17, 15) is 14.4 Å². The predicted molar refractivity (Wildman–Crippen MR) is 188 cm³/mol. The van der Waals surface area contributed by atoms with E-state index in [2.05, 4.69) is 15.2 Å². The third-order valence-electron chi connectivity index (χ3n) is 9.37. The lowest BCUT2D eigenvalue weighted by molar-refractivity contribution is -0.136. The first-order chi connectivity index (χ1) is 22.6. The molecule has 1 unspecified atom stereocenters. The normalized spacial score (nSPS) is 17.5. The summed E-state index contributed by atoms with van der Waals surface area (Å²) in [4.78, 5) is 50.6. The second-order valence-corrected chi connectivity index (χ2v) is 14.0. The fourth-order valence-corrected chi connectivity index (χ4v) is 7.36. The standard InChI is InChI=1S/C37H41Cl2N5O3/c1-42(2)22-25-17-27-19-30(39)11-12-34(27)44(23-25)37(47)33(20-28-21-40-32-6-4-3-5-31(28)32)41-36(46)26-13-15-43(16-14-26)35(45)18-24-7-9-29(38)10-8-24/h3-12,19,21,25-26,33,40H,13-18,20,22-23H2,1-2H3,(H,41,46)/t25?,33-/m1/s1. The van der Waals surface area contributed by atoms with Crippen LogP contribution in [0.5, 0.6) is 0 Å². The third-order valence-corrected chi connectivity index (χ3v) is 9.86. The Labute approximate surface area is 286 Å². The summed E-state index contributed by atoms with van der Waals surface area (Å²) in [5.74, 6) is -0.312. The Kier molecular flexibility index (Phi) is 10.2. The maximum atomic E-state index is 14.6. The molecule has 8 nitrogen and oxygen atoms in total. The number of piperidine rings is 1. The van der Waals surface area contributed by atoms with E-state index in [4.69, 9.17) is 23.2 Å². The Morgan fingerprint density at radius 2 is 1.70 bits per heavy atom. The van der Waals surface area contributed by atoms with E-state index < -0.39 is 6.04 Å². The molecule has 4 aromatic rings. The number of anilines is 1. The van der Waals surface area contributed by atoms with Crippen LogP contribution in [0, 0.1) is 11.8 Å². The lowest BCUT2D eigenvalue weighted by Crippen LogP contribution is -2.54. The molecule has 1 saturated heterocycles. The monoisotopic (exact) mass is 673 g/mol. The maximum Gasteiger partial charge on any atom is 0.249 e. The van der Waals surface area contributed by atoms with E-state index in [1.54, 1.807) is 12.1 Å². The van der Waals surface area contributed by atoms with Gasteiger partial charge in [-0.25, -0.2) is 0 Å². The van der Waals surface area contributed by atoms with E-state index in [-0.39, 0.29) is 29.6 Å². The first-order valence-corrected chi connectivity index (χ1v) is 17.0. The molecule has 2 atom stereocenters. The third kappa shape index (κ3) is 7.83. The van der Waals surface area contributed by atoms with Crippen LogP contribution in [0.15, 0.2) is 72.9 Å². The Bertz CT molecular complexity index is 1750. The highest BCUT2D eigenvalue weighted by molar-refractivity contribution is 6.31. The molecule has 47 heavy (non-hydrogen) atoms. The highest BCUT2D eigenvalue weighted by Crippen LogP contribution is 2.33. The number of amides is 3. The van der Waals surface area contributed by atoms with Gasteiger partial charge in [0.15, 0.2) is 0 Å². The van der Waals surface area contributed by atoms with Crippen LogP contribution in [-0.4, -0.2) is 78.8 Å². The summed E-state index contributed by atoms with van der Waals surface area (Å²) in [7, 11) is 4.08. The molecule has 3 heterocycles. The van der Waals surface area contributed by atoms with Gasteiger partial charge >= 0.3 is 0 Å². The molecular formula is C37H41Cl2N5O3. The van der Waals surface area contributed by atoms with Gasteiger partial charge in [0, 0.05) is 71.4 Å². The Morgan fingerprint density at radius 3 is 2.45 bits per heavy atom. The van der Waals surface area contributed by atoms with Crippen molar-refractivity contribution in [2.24, 2.45) is 11.8 Å². The number of hydrogen-bond acceptors (Lipinski definition) is 4. The molecule has 0 aliphatic carbocycles. The summed E-state index contributed by atoms with van der Waals surface area (Å²) in [5.41, 5.74) is 4.75. The van der Waals surface area contributed by atoms with Gasteiger partial charge in [-0.2, -0.15) is 0 Å². The van der Waals surface area contributed by atoms with E-state index >= 15 is 0 Å². The van der Waals surface area contributed by atoms with Gasteiger partial charge in [0.1, 0.15) is 6.04 Å². The summed E-state index contributed by atoms with van der Waals surface area (Å²) in [5, 5.41) is 5.49. The number of likely N-dealkylation sites (tertiary alicyclic amines) is 1. The zero-order valence-electron chi connectivity index (χ0n) is 26.8. The number of hydrogen-bond donors (Lipinski definition) is 2. The van der Waals surface area contributed by atoms with Gasteiger partial charge in [-0.15, -0.1) is 0 Å². The average molecular weight is 675 g/mol. The fourth-order valence-electron chi connectivity index (χ4n) is 7.04. The van der Waals surface area contributed by atoms with Crippen LogP contribution in [-0.2, 0) is 33.6 Å². The molecule has 2 aliphatic rings. The molecule has 6 rings (SSSR count). The largest absolute Gasteiger partial charge is 0.361 e. The number of para-hydroxylation sites is 1. The Hall–Kier alpha value is -3.85. The number of nitrogens with one attached hydrogen (secondary N) is 2. The SMILES string of the molecule is CN(C)CC1Cc2cc(Cl)ccc2N(C(=O)[C@@H](Cc2c[nH]c3ccccc23)NC(=O)C2CCN(C(=O)Cc3ccc(Cl)cc3)CC2)C1. The summed E-state index contributed by atoms with van der Waals surface area (Å²) in [6, 6.07) is 20.2. The van der Waals surface area contributed by atoms with E-state index in [1.807, 2.05) is 84.7 Å². The zero-order chi connectivity index (χ0) is 33.1. The van der Waals surface area contributed by atoms with Crippen molar-refractivity contribution in [3.05, 3.63) is 99.7 Å². The van der Waals surface area contributed by atoms with Crippen LogP contribution in [0.3, 0.4) is 0 Å². The molecule has 1 fully saturated rings. The van der Waals surface area contributed by atoms with Crippen LogP contribution >= 0.6 is 23.2 Å². The number of aromatic nitrogens is 1. The van der Waals surface area contributed by atoms with Crippen molar-refractivity contribution in [3.8, 4) is 0 Å². The van der Waals surface area contributed by atoms with Crippen molar-refractivity contribution in [3.63, 3.8) is 0 Å². The number of aromatic amines is 1. The quantitative estimate of drug-likeness (QED) is 0.237. The number of carbonyl (C=O) groups is 3. The first kappa shape index (κ1) is 33.1. The molecule has 2 N–H and O–H groups in total. The van der Waals surface area contributed by atoms with Crippen molar-refractivity contribution >= 4 is 57.5 Å². The number of benzene rings is 3. The van der Waals surface area contributed by atoms with Gasteiger partial charge < -0.3 is 25.0 Å². The lowest BCUT2D eigenvalue weighted by Gasteiger charge is -2.38. The van der Waals surface area contributed by atoms with Gasteiger partial charge in [0.2, 0.25) is 17.7 Å². The minimum Gasteiger partial charge on any atom is -0.361 e. The van der Waals surface area contributed by atoms with Gasteiger partial charge in [0.05, 0.1) is 6.42 Å². The number of rotatable bonds is 9. The van der Waals surface area contributed by atoms with Crippen molar-refractivity contribution in [1.82, 2.24) is 20.1 Å². The van der Waals surface area contributed by atoms with Crippen LogP contribution in [0.4, 0.5) is 5.69 Å². The molecule has 0 saturated carbocycles. The van der Waals surface area contributed by atoms with Crippen LogP contribution in [0.1, 0.15) is 29.5 Å². The number of carbonyl (C=O) groups excluding carboxylic acids is 3. The molecule has 0 bridgehead atoms. The minimum absolute atomic E-state index is 0.0368.